The highest BCUT2D eigenvalue weighted by atomic mass is 16.3. The number of aryl methyl sites for hydroxylation is 1. The molecule has 0 radical (unpaired) electrons. The topological polar surface area (TPSA) is 47.1 Å². The molecule has 0 amide bonds. The normalized spacial score (nSPS) is 14.7. The molecule has 5 rings (SSSR count). The fourth-order valence-electron chi connectivity index (χ4n) is 3.83. The molecule has 0 bridgehead atoms. The predicted molar refractivity (Wildman–Crippen MR) is 100 cm³/mol. The summed E-state index contributed by atoms with van der Waals surface area (Å²) in [5.74, 6) is 1.40. The molecule has 0 aliphatic carbocycles. The average molecular weight is 344 g/mol. The van der Waals surface area contributed by atoms with Gasteiger partial charge in [0.05, 0.1) is 12.0 Å². The molecule has 5 nitrogen and oxygen atoms in total. The molecule has 4 heterocycles. The molecule has 0 saturated heterocycles. The third kappa shape index (κ3) is 2.61. The molecule has 0 fully saturated rings. The summed E-state index contributed by atoms with van der Waals surface area (Å²) in [4.78, 5) is 11.7. The predicted octanol–water partition coefficient (Wildman–Crippen LogP) is 3.79. The van der Waals surface area contributed by atoms with Gasteiger partial charge in [0.2, 0.25) is 0 Å². The molecule has 130 valence electrons. The third-order valence-corrected chi connectivity index (χ3v) is 5.13. The van der Waals surface area contributed by atoms with Crippen LogP contribution in [0.3, 0.4) is 0 Å². The van der Waals surface area contributed by atoms with Crippen LogP contribution in [-0.2, 0) is 26.6 Å². The summed E-state index contributed by atoms with van der Waals surface area (Å²) in [6, 6.07) is 12.4. The molecular formula is C21H20N4O. The van der Waals surface area contributed by atoms with Crippen LogP contribution in [0.2, 0.25) is 0 Å². The summed E-state index contributed by atoms with van der Waals surface area (Å²) in [6.07, 6.45) is 6.80. The van der Waals surface area contributed by atoms with Crippen LogP contribution in [0.5, 0.6) is 0 Å². The van der Waals surface area contributed by atoms with E-state index in [-0.39, 0.29) is 0 Å². The highest BCUT2D eigenvalue weighted by Gasteiger charge is 2.20. The van der Waals surface area contributed by atoms with Gasteiger partial charge < -0.3 is 8.98 Å². The van der Waals surface area contributed by atoms with Crippen molar-refractivity contribution < 1.29 is 4.42 Å². The van der Waals surface area contributed by atoms with Crippen molar-refractivity contribution in [3.63, 3.8) is 0 Å². The van der Waals surface area contributed by atoms with Gasteiger partial charge in [-0.15, -0.1) is 0 Å². The molecule has 0 saturated carbocycles. The van der Waals surface area contributed by atoms with E-state index in [0.29, 0.717) is 5.82 Å². The Morgan fingerprint density at radius 1 is 1.15 bits per heavy atom. The fourth-order valence-corrected chi connectivity index (χ4v) is 3.83. The largest absolute Gasteiger partial charge is 0.461 e. The standard InChI is InChI=1S/C21H20N4O/c1-24-12-16(17-5-2-3-6-19(17)24)14-25-9-8-18-15(13-25)11-22-21(23-18)20-7-4-10-26-20/h2-7,10-12H,8-9,13-14H2,1H3. The van der Waals surface area contributed by atoms with Gasteiger partial charge in [-0.3, -0.25) is 4.90 Å². The minimum Gasteiger partial charge on any atom is -0.461 e. The minimum absolute atomic E-state index is 0.677. The summed E-state index contributed by atoms with van der Waals surface area (Å²) in [7, 11) is 2.11. The van der Waals surface area contributed by atoms with E-state index in [4.69, 9.17) is 9.40 Å². The second-order valence-electron chi connectivity index (χ2n) is 6.89. The van der Waals surface area contributed by atoms with Crippen molar-refractivity contribution in [3.05, 3.63) is 71.9 Å². The average Bonchev–Trinajstić information content (AvgIpc) is 3.31. The van der Waals surface area contributed by atoms with Crippen LogP contribution in [0.4, 0.5) is 0 Å². The first-order valence-corrected chi connectivity index (χ1v) is 8.92. The molecule has 0 atom stereocenters. The Balaban J connectivity index is 1.39. The number of aromatic nitrogens is 3. The molecule has 1 aromatic carbocycles. The van der Waals surface area contributed by atoms with Gasteiger partial charge >= 0.3 is 0 Å². The zero-order chi connectivity index (χ0) is 17.5. The maximum atomic E-state index is 5.42. The lowest BCUT2D eigenvalue weighted by Crippen LogP contribution is -2.30. The van der Waals surface area contributed by atoms with Crippen LogP contribution in [0.25, 0.3) is 22.5 Å². The first-order chi connectivity index (χ1) is 12.8. The van der Waals surface area contributed by atoms with Gasteiger partial charge in [-0.1, -0.05) is 18.2 Å². The monoisotopic (exact) mass is 344 g/mol. The molecule has 4 aromatic rings. The Morgan fingerprint density at radius 2 is 2.08 bits per heavy atom. The van der Waals surface area contributed by atoms with Crippen molar-refractivity contribution in [2.45, 2.75) is 19.5 Å². The van der Waals surface area contributed by atoms with Gasteiger partial charge in [0, 0.05) is 62.0 Å². The van der Waals surface area contributed by atoms with E-state index < -0.39 is 0 Å². The smallest absolute Gasteiger partial charge is 0.195 e. The molecule has 5 heteroatoms. The Bertz CT molecular complexity index is 1070. The number of rotatable bonds is 3. The summed E-state index contributed by atoms with van der Waals surface area (Å²) in [6.45, 7) is 2.84. The van der Waals surface area contributed by atoms with Gasteiger partial charge in [-0.2, -0.15) is 0 Å². The molecule has 0 unspecified atom stereocenters. The Kier molecular flexibility index (Phi) is 3.60. The molecule has 0 spiro atoms. The zero-order valence-corrected chi connectivity index (χ0v) is 14.7. The van der Waals surface area contributed by atoms with Crippen molar-refractivity contribution in [1.29, 1.82) is 0 Å². The lowest BCUT2D eigenvalue weighted by atomic mass is 10.1. The van der Waals surface area contributed by atoms with E-state index in [2.05, 4.69) is 52.0 Å². The van der Waals surface area contributed by atoms with Crippen molar-refractivity contribution in [1.82, 2.24) is 19.4 Å². The number of benzene rings is 1. The Hall–Kier alpha value is -2.92. The molecule has 0 N–H and O–H groups in total. The van der Waals surface area contributed by atoms with Crippen LogP contribution in [0.1, 0.15) is 16.8 Å². The molecule has 26 heavy (non-hydrogen) atoms. The summed E-state index contributed by atoms with van der Waals surface area (Å²) >= 11 is 0. The maximum absolute atomic E-state index is 5.42. The summed E-state index contributed by atoms with van der Waals surface area (Å²) in [5.41, 5.74) is 5.01. The van der Waals surface area contributed by atoms with Crippen LogP contribution >= 0.6 is 0 Å². The van der Waals surface area contributed by atoms with Crippen molar-refractivity contribution in [3.8, 4) is 11.6 Å². The lowest BCUT2D eigenvalue weighted by Gasteiger charge is -2.27. The number of nitrogens with zero attached hydrogens (tertiary/aromatic N) is 4. The highest BCUT2D eigenvalue weighted by molar-refractivity contribution is 5.83. The summed E-state index contributed by atoms with van der Waals surface area (Å²) < 4.78 is 7.63. The number of furan rings is 1. The van der Waals surface area contributed by atoms with Gasteiger partial charge in [0.25, 0.3) is 0 Å². The number of hydrogen-bond donors (Lipinski definition) is 0. The SMILES string of the molecule is Cn1cc(CN2CCc3nc(-c4ccco4)ncc3C2)c2ccccc21. The van der Waals surface area contributed by atoms with E-state index in [9.17, 15) is 0 Å². The maximum Gasteiger partial charge on any atom is 0.195 e. The lowest BCUT2D eigenvalue weighted by molar-refractivity contribution is 0.243. The fraction of sp³-hybridized carbons (Fsp3) is 0.238. The van der Waals surface area contributed by atoms with Crippen LogP contribution in [0, 0.1) is 0 Å². The molecular weight excluding hydrogens is 324 g/mol. The highest BCUT2D eigenvalue weighted by Crippen LogP contribution is 2.25. The van der Waals surface area contributed by atoms with Gasteiger partial charge in [-0.05, 0) is 23.8 Å². The Labute approximate surface area is 151 Å². The second-order valence-corrected chi connectivity index (χ2v) is 6.89. The van der Waals surface area contributed by atoms with E-state index in [1.54, 1.807) is 6.26 Å². The second kappa shape index (κ2) is 6.11. The van der Waals surface area contributed by atoms with Gasteiger partial charge in [0.1, 0.15) is 0 Å². The van der Waals surface area contributed by atoms with Crippen LogP contribution in [-0.4, -0.2) is 26.0 Å². The van der Waals surface area contributed by atoms with Crippen molar-refractivity contribution in [2.24, 2.45) is 7.05 Å². The van der Waals surface area contributed by atoms with E-state index >= 15 is 0 Å². The Morgan fingerprint density at radius 3 is 2.96 bits per heavy atom. The van der Waals surface area contributed by atoms with E-state index in [1.807, 2.05) is 18.3 Å². The van der Waals surface area contributed by atoms with Crippen LogP contribution < -0.4 is 0 Å². The first kappa shape index (κ1) is 15.3. The molecule has 1 aliphatic heterocycles. The molecule has 3 aromatic heterocycles. The zero-order valence-electron chi connectivity index (χ0n) is 14.7. The van der Waals surface area contributed by atoms with Crippen molar-refractivity contribution in [2.75, 3.05) is 6.54 Å². The third-order valence-electron chi connectivity index (χ3n) is 5.13. The number of fused-ring (bicyclic) bond motifs is 2. The first-order valence-electron chi connectivity index (χ1n) is 8.92. The van der Waals surface area contributed by atoms with Gasteiger partial charge in [0.15, 0.2) is 11.6 Å². The molecule has 1 aliphatic rings. The number of hydrogen-bond acceptors (Lipinski definition) is 4. The van der Waals surface area contributed by atoms with E-state index in [1.165, 1.54) is 22.0 Å². The number of para-hydroxylation sites is 1. The van der Waals surface area contributed by atoms with Crippen LogP contribution in [0.15, 0.2) is 59.5 Å². The van der Waals surface area contributed by atoms with E-state index in [0.717, 1.165) is 37.5 Å². The van der Waals surface area contributed by atoms with Gasteiger partial charge in [-0.25, -0.2) is 9.97 Å². The quantitative estimate of drug-likeness (QED) is 0.567. The van der Waals surface area contributed by atoms with Crippen molar-refractivity contribution >= 4 is 10.9 Å². The summed E-state index contributed by atoms with van der Waals surface area (Å²) in [5, 5.41) is 1.34. The minimum atomic E-state index is 0.677.